The maximum atomic E-state index is 12.9. The van der Waals surface area contributed by atoms with Crippen molar-refractivity contribution in [1.29, 1.82) is 0 Å². The summed E-state index contributed by atoms with van der Waals surface area (Å²) in [4.78, 5) is 32.3. The number of carbonyl (C=O) groups excluding carboxylic acids is 1. The van der Waals surface area contributed by atoms with E-state index in [1.165, 1.54) is 4.68 Å². The fourth-order valence-electron chi connectivity index (χ4n) is 3.39. The molecule has 0 saturated heterocycles. The number of pyridine rings is 1. The second-order valence-corrected chi connectivity index (χ2v) is 7.65. The number of nitrogens with one attached hydrogen (secondary N) is 1. The summed E-state index contributed by atoms with van der Waals surface area (Å²) in [6.07, 6.45) is 1.78. The molecule has 158 valence electrons. The molecule has 3 aromatic rings. The number of nitrogens with zero attached hydrogens (tertiary/aromatic N) is 4. The fraction of sp³-hybridized carbons (Fsp3) is 0.391. The molecule has 0 bridgehead atoms. The van der Waals surface area contributed by atoms with Crippen molar-refractivity contribution < 1.29 is 4.79 Å². The van der Waals surface area contributed by atoms with Crippen LogP contribution in [0.3, 0.4) is 0 Å². The predicted molar refractivity (Wildman–Crippen MR) is 120 cm³/mol. The highest BCUT2D eigenvalue weighted by molar-refractivity contribution is 6.04. The molecular formula is C23H29N5O2. The Kier molecular flexibility index (Phi) is 6.82. The Hall–Kier alpha value is -3.22. The Morgan fingerprint density at radius 2 is 1.80 bits per heavy atom. The Balaban J connectivity index is 1.83. The van der Waals surface area contributed by atoms with Crippen molar-refractivity contribution in [2.45, 2.75) is 40.8 Å². The quantitative estimate of drug-likeness (QED) is 0.620. The van der Waals surface area contributed by atoms with Gasteiger partial charge >= 0.3 is 0 Å². The molecule has 7 nitrogen and oxygen atoms in total. The molecule has 0 radical (unpaired) electrons. The second-order valence-electron chi connectivity index (χ2n) is 7.65. The second kappa shape index (κ2) is 9.52. The van der Waals surface area contributed by atoms with Gasteiger partial charge in [-0.05, 0) is 37.5 Å². The highest BCUT2D eigenvalue weighted by Gasteiger charge is 2.17. The van der Waals surface area contributed by atoms with E-state index in [2.05, 4.69) is 34.1 Å². The van der Waals surface area contributed by atoms with Gasteiger partial charge in [0.15, 0.2) is 5.69 Å². The minimum atomic E-state index is -0.309. The van der Waals surface area contributed by atoms with E-state index in [0.717, 1.165) is 24.5 Å². The zero-order chi connectivity index (χ0) is 21.7. The average molecular weight is 408 g/mol. The molecule has 30 heavy (non-hydrogen) atoms. The predicted octanol–water partition coefficient (Wildman–Crippen LogP) is 3.22. The average Bonchev–Trinajstić information content (AvgIpc) is 2.75. The monoisotopic (exact) mass is 407 g/mol. The first-order chi connectivity index (χ1) is 14.4. The Bertz CT molecular complexity index is 1070. The van der Waals surface area contributed by atoms with Gasteiger partial charge in [0.25, 0.3) is 11.5 Å². The maximum Gasteiger partial charge on any atom is 0.274 e. The molecule has 0 aliphatic rings. The molecule has 1 N–H and O–H groups in total. The topological polar surface area (TPSA) is 80.1 Å². The number of amides is 1. The van der Waals surface area contributed by atoms with E-state index in [1.807, 2.05) is 32.0 Å². The number of aromatic nitrogens is 3. The maximum absolute atomic E-state index is 12.9. The highest BCUT2D eigenvalue weighted by Crippen LogP contribution is 2.15. The number of fused-ring (bicyclic) bond motifs is 1. The molecule has 2 heterocycles. The van der Waals surface area contributed by atoms with E-state index in [9.17, 15) is 9.59 Å². The van der Waals surface area contributed by atoms with Gasteiger partial charge in [0.2, 0.25) is 0 Å². The molecule has 1 amide bonds. The summed E-state index contributed by atoms with van der Waals surface area (Å²) in [6.45, 7) is 10.8. The summed E-state index contributed by atoms with van der Waals surface area (Å²) < 4.78 is 1.39. The van der Waals surface area contributed by atoms with E-state index >= 15 is 0 Å². The molecule has 2 aromatic heterocycles. The van der Waals surface area contributed by atoms with Crippen LogP contribution in [0.25, 0.3) is 10.8 Å². The minimum Gasteiger partial charge on any atom is -0.357 e. The van der Waals surface area contributed by atoms with E-state index in [-0.39, 0.29) is 23.1 Å². The molecular weight excluding hydrogens is 378 g/mol. The van der Waals surface area contributed by atoms with Crippen molar-refractivity contribution in [2.24, 2.45) is 5.92 Å². The molecule has 0 unspecified atom stereocenters. The van der Waals surface area contributed by atoms with Gasteiger partial charge in [-0.2, -0.15) is 5.10 Å². The van der Waals surface area contributed by atoms with Crippen LogP contribution in [0.1, 0.15) is 43.7 Å². The summed E-state index contributed by atoms with van der Waals surface area (Å²) in [5.74, 6) is 0.850. The van der Waals surface area contributed by atoms with Crippen LogP contribution in [0.4, 0.5) is 5.82 Å². The molecule has 0 aliphatic heterocycles. The van der Waals surface area contributed by atoms with E-state index < -0.39 is 0 Å². The summed E-state index contributed by atoms with van der Waals surface area (Å²) in [5, 5.41) is 8.36. The third-order valence-corrected chi connectivity index (χ3v) is 4.97. The first kappa shape index (κ1) is 21.5. The summed E-state index contributed by atoms with van der Waals surface area (Å²) in [7, 11) is 0. The summed E-state index contributed by atoms with van der Waals surface area (Å²) in [5.41, 5.74) is 0.990. The number of benzene rings is 1. The summed E-state index contributed by atoms with van der Waals surface area (Å²) in [6, 6.07) is 11.0. The van der Waals surface area contributed by atoms with Gasteiger partial charge in [0.1, 0.15) is 5.82 Å². The van der Waals surface area contributed by atoms with Crippen molar-refractivity contribution in [3.8, 4) is 0 Å². The van der Waals surface area contributed by atoms with Crippen LogP contribution in [-0.2, 0) is 13.1 Å². The van der Waals surface area contributed by atoms with Crippen LogP contribution >= 0.6 is 0 Å². The van der Waals surface area contributed by atoms with E-state index in [4.69, 9.17) is 0 Å². The lowest BCUT2D eigenvalue weighted by Gasteiger charge is -2.19. The Morgan fingerprint density at radius 3 is 2.40 bits per heavy atom. The van der Waals surface area contributed by atoms with Crippen LogP contribution in [0, 0.1) is 5.92 Å². The Labute approximate surface area is 176 Å². The lowest BCUT2D eigenvalue weighted by atomic mass is 10.1. The van der Waals surface area contributed by atoms with Gasteiger partial charge in [0.05, 0.1) is 5.39 Å². The number of anilines is 1. The van der Waals surface area contributed by atoms with Crippen LogP contribution in [0.15, 0.2) is 47.4 Å². The highest BCUT2D eigenvalue weighted by atomic mass is 16.2. The van der Waals surface area contributed by atoms with Crippen LogP contribution in [0.5, 0.6) is 0 Å². The smallest absolute Gasteiger partial charge is 0.274 e. The molecule has 0 spiro atoms. The van der Waals surface area contributed by atoms with Gasteiger partial charge in [-0.1, -0.05) is 38.1 Å². The normalized spacial score (nSPS) is 11.1. The number of hydrogen-bond donors (Lipinski definition) is 1. The van der Waals surface area contributed by atoms with Gasteiger partial charge in [-0.15, -0.1) is 0 Å². The van der Waals surface area contributed by atoms with Gasteiger partial charge in [-0.25, -0.2) is 9.67 Å². The largest absolute Gasteiger partial charge is 0.357 e. The van der Waals surface area contributed by atoms with Crippen LogP contribution < -0.4 is 15.8 Å². The fourth-order valence-corrected chi connectivity index (χ4v) is 3.39. The van der Waals surface area contributed by atoms with Gasteiger partial charge < -0.3 is 10.2 Å². The molecule has 3 rings (SSSR count). The van der Waals surface area contributed by atoms with E-state index in [1.54, 1.807) is 24.4 Å². The number of hydrogen-bond acceptors (Lipinski definition) is 5. The Morgan fingerprint density at radius 1 is 1.10 bits per heavy atom. The SMILES string of the molecule is CCN(CC)c1ccc(CNC(=O)c2nn(CC(C)C)c(=O)c3ccccc23)cn1. The lowest BCUT2D eigenvalue weighted by molar-refractivity contribution is 0.0945. The molecule has 1 aromatic carbocycles. The molecule has 7 heteroatoms. The first-order valence-corrected chi connectivity index (χ1v) is 10.4. The zero-order valence-corrected chi connectivity index (χ0v) is 18.1. The van der Waals surface area contributed by atoms with Gasteiger partial charge in [0, 0.05) is 37.8 Å². The molecule has 0 atom stereocenters. The third kappa shape index (κ3) is 4.67. The summed E-state index contributed by atoms with van der Waals surface area (Å²) >= 11 is 0. The first-order valence-electron chi connectivity index (χ1n) is 10.4. The van der Waals surface area contributed by atoms with E-state index in [0.29, 0.717) is 23.9 Å². The van der Waals surface area contributed by atoms with Crippen molar-refractivity contribution in [3.05, 3.63) is 64.2 Å². The molecule has 0 aliphatic carbocycles. The van der Waals surface area contributed by atoms with Crippen molar-refractivity contribution in [3.63, 3.8) is 0 Å². The number of carbonyl (C=O) groups is 1. The minimum absolute atomic E-state index is 0.174. The van der Waals surface area contributed by atoms with Crippen LogP contribution in [-0.4, -0.2) is 33.8 Å². The lowest BCUT2D eigenvalue weighted by Crippen LogP contribution is -2.31. The van der Waals surface area contributed by atoms with Crippen LogP contribution in [0.2, 0.25) is 0 Å². The zero-order valence-electron chi connectivity index (χ0n) is 18.1. The standard InChI is InChI=1S/C23H29N5O2/c1-5-27(6-2)20-12-11-17(13-24-20)14-25-22(29)21-18-9-7-8-10-19(18)23(30)28(26-21)15-16(3)4/h7-13,16H,5-6,14-15H2,1-4H3,(H,25,29). The molecule has 0 saturated carbocycles. The van der Waals surface area contributed by atoms with Crippen molar-refractivity contribution in [1.82, 2.24) is 20.1 Å². The van der Waals surface area contributed by atoms with Crippen molar-refractivity contribution in [2.75, 3.05) is 18.0 Å². The third-order valence-electron chi connectivity index (χ3n) is 4.97. The van der Waals surface area contributed by atoms with Crippen molar-refractivity contribution >= 4 is 22.5 Å². The van der Waals surface area contributed by atoms with Gasteiger partial charge in [-0.3, -0.25) is 9.59 Å². The number of rotatable bonds is 8. The molecule has 0 fully saturated rings.